The van der Waals surface area contributed by atoms with E-state index in [9.17, 15) is 22.0 Å². The quantitative estimate of drug-likeness (QED) is 0.600. The average Bonchev–Trinajstić information content (AvgIpc) is 2.38. The van der Waals surface area contributed by atoms with Crippen LogP contribution < -0.4 is 0 Å². The smallest absolute Gasteiger partial charge is 0.205 e. The highest BCUT2D eigenvalue weighted by Gasteiger charge is 2.30. The molecule has 0 heterocycles. The zero-order chi connectivity index (χ0) is 14.9. The van der Waals surface area contributed by atoms with E-state index in [1.807, 2.05) is 0 Å². The highest BCUT2D eigenvalue weighted by Crippen LogP contribution is 2.34. The van der Waals surface area contributed by atoms with Crippen molar-refractivity contribution in [3.8, 4) is 11.1 Å². The first kappa shape index (κ1) is 14.8. The molecule has 0 aromatic heterocycles. The number of rotatable bonds is 2. The van der Waals surface area contributed by atoms with Crippen LogP contribution >= 0.6 is 11.6 Å². The number of halogens is 6. The molecule has 106 valence electrons. The minimum atomic E-state index is -4.48. The van der Waals surface area contributed by atoms with Crippen LogP contribution in [0.5, 0.6) is 0 Å². The first-order chi connectivity index (χ1) is 9.29. The van der Waals surface area contributed by atoms with Gasteiger partial charge < -0.3 is 0 Å². The molecule has 2 aromatic rings. The predicted molar refractivity (Wildman–Crippen MR) is 66.8 cm³/mol. The summed E-state index contributed by atoms with van der Waals surface area (Å²) in [5, 5.41) is -0.115. The van der Waals surface area contributed by atoms with Crippen LogP contribution in [0.25, 0.3) is 11.1 Å². The summed E-state index contributed by atoms with van der Waals surface area (Å²) in [5.41, 5.74) is -0.765. The van der Waals surface area contributed by atoms with Gasteiger partial charge in [-0.05, 0) is 35.4 Å². The zero-order valence-corrected chi connectivity index (χ0v) is 10.6. The van der Waals surface area contributed by atoms with Crippen LogP contribution in [-0.4, -0.2) is 0 Å². The summed E-state index contributed by atoms with van der Waals surface area (Å²) in [6.07, 6.45) is -7.26. The second-order valence-electron chi connectivity index (χ2n) is 4.12. The van der Waals surface area contributed by atoms with Crippen LogP contribution in [0.1, 0.15) is 17.6 Å². The lowest BCUT2D eigenvalue weighted by Gasteiger charge is -2.10. The largest absolute Gasteiger partial charge is 0.416 e. The van der Waals surface area contributed by atoms with Crippen molar-refractivity contribution < 1.29 is 22.0 Å². The Bertz CT molecular complexity index is 619. The van der Waals surface area contributed by atoms with Gasteiger partial charge in [0.05, 0.1) is 5.56 Å². The molecule has 2 aromatic carbocycles. The van der Waals surface area contributed by atoms with Crippen molar-refractivity contribution in [3.05, 3.63) is 58.6 Å². The lowest BCUT2D eigenvalue weighted by Crippen LogP contribution is -2.04. The Balaban J connectivity index is 2.49. The third-order valence-corrected chi connectivity index (χ3v) is 3.10. The van der Waals surface area contributed by atoms with Crippen molar-refractivity contribution in [3.63, 3.8) is 0 Å². The molecule has 0 atom stereocenters. The molecule has 20 heavy (non-hydrogen) atoms. The Labute approximate surface area is 116 Å². The minimum absolute atomic E-state index is 0.115. The van der Waals surface area contributed by atoms with Gasteiger partial charge in [0.1, 0.15) is 0 Å². The Hall–Kier alpha value is -1.62. The highest BCUT2D eigenvalue weighted by atomic mass is 35.5. The number of benzene rings is 2. The molecular weight excluding hydrogens is 299 g/mol. The second kappa shape index (κ2) is 5.40. The van der Waals surface area contributed by atoms with Crippen LogP contribution in [0, 0.1) is 0 Å². The fourth-order valence-electron chi connectivity index (χ4n) is 1.77. The zero-order valence-electron chi connectivity index (χ0n) is 9.89. The Morgan fingerprint density at radius 3 is 2.15 bits per heavy atom. The fourth-order valence-corrected chi connectivity index (χ4v) is 1.97. The van der Waals surface area contributed by atoms with E-state index < -0.39 is 23.7 Å². The van der Waals surface area contributed by atoms with Crippen LogP contribution in [0.15, 0.2) is 42.5 Å². The Kier molecular flexibility index (Phi) is 3.99. The summed E-state index contributed by atoms with van der Waals surface area (Å²) in [7, 11) is 0. The highest BCUT2D eigenvalue weighted by molar-refractivity contribution is 6.31. The number of alkyl halides is 5. The summed E-state index contributed by atoms with van der Waals surface area (Å²) < 4.78 is 63.3. The van der Waals surface area contributed by atoms with E-state index >= 15 is 0 Å². The molecule has 0 nitrogen and oxygen atoms in total. The minimum Gasteiger partial charge on any atom is -0.205 e. The molecule has 6 heteroatoms. The van der Waals surface area contributed by atoms with Gasteiger partial charge in [-0.15, -0.1) is 0 Å². The molecule has 0 N–H and O–H groups in total. The molecule has 0 saturated carbocycles. The van der Waals surface area contributed by atoms with Crippen LogP contribution in [0.4, 0.5) is 22.0 Å². The van der Waals surface area contributed by atoms with Gasteiger partial charge in [-0.25, -0.2) is 8.78 Å². The summed E-state index contributed by atoms with van der Waals surface area (Å²) in [5.74, 6) is 0. The van der Waals surface area contributed by atoms with Gasteiger partial charge in [-0.2, -0.15) is 13.2 Å². The maximum atomic E-state index is 12.7. The molecule has 0 fully saturated rings. The first-order valence-corrected chi connectivity index (χ1v) is 5.92. The van der Waals surface area contributed by atoms with Gasteiger partial charge in [0.15, 0.2) is 0 Å². The molecular formula is C14H8ClF5. The molecule has 0 radical (unpaired) electrons. The van der Waals surface area contributed by atoms with E-state index in [0.29, 0.717) is 0 Å². The molecule has 0 amide bonds. The van der Waals surface area contributed by atoms with E-state index in [4.69, 9.17) is 11.6 Å². The van der Waals surface area contributed by atoms with Crippen LogP contribution in [-0.2, 0) is 6.18 Å². The molecule has 0 aliphatic carbocycles. The monoisotopic (exact) mass is 306 g/mol. The topological polar surface area (TPSA) is 0 Å². The third kappa shape index (κ3) is 3.10. The summed E-state index contributed by atoms with van der Waals surface area (Å²) >= 11 is 5.62. The van der Waals surface area contributed by atoms with Crippen molar-refractivity contribution in [1.82, 2.24) is 0 Å². The third-order valence-electron chi connectivity index (χ3n) is 2.75. The van der Waals surface area contributed by atoms with Crippen molar-refractivity contribution in [2.45, 2.75) is 12.6 Å². The van der Waals surface area contributed by atoms with E-state index in [2.05, 4.69) is 0 Å². The summed E-state index contributed by atoms with van der Waals surface area (Å²) in [6, 6.07) is 8.25. The standard InChI is InChI=1S/C14H8ClF5/c15-12-5-4-9(7-11(12)13(16)17)8-2-1-3-10(6-8)14(18,19)20/h1-7,13H. The van der Waals surface area contributed by atoms with Gasteiger partial charge in [0.25, 0.3) is 6.43 Å². The second-order valence-corrected chi connectivity index (χ2v) is 4.52. The van der Waals surface area contributed by atoms with Gasteiger partial charge in [0.2, 0.25) is 0 Å². The molecule has 0 aliphatic heterocycles. The fraction of sp³-hybridized carbons (Fsp3) is 0.143. The van der Waals surface area contributed by atoms with Gasteiger partial charge >= 0.3 is 6.18 Å². The normalized spacial score (nSPS) is 11.9. The molecule has 2 rings (SSSR count). The molecule has 0 saturated heterocycles. The van der Waals surface area contributed by atoms with E-state index in [0.717, 1.165) is 18.2 Å². The van der Waals surface area contributed by atoms with Crippen molar-refractivity contribution in [2.75, 3.05) is 0 Å². The van der Waals surface area contributed by atoms with Crippen molar-refractivity contribution >= 4 is 11.6 Å². The Morgan fingerprint density at radius 1 is 0.900 bits per heavy atom. The van der Waals surface area contributed by atoms with Crippen molar-refractivity contribution in [1.29, 1.82) is 0 Å². The Morgan fingerprint density at radius 2 is 1.55 bits per heavy atom. The first-order valence-electron chi connectivity index (χ1n) is 5.54. The van der Waals surface area contributed by atoms with Crippen LogP contribution in [0.3, 0.4) is 0 Å². The van der Waals surface area contributed by atoms with Gasteiger partial charge in [-0.1, -0.05) is 29.8 Å². The summed E-state index contributed by atoms with van der Waals surface area (Å²) in [4.78, 5) is 0. The molecule has 0 aliphatic rings. The van der Waals surface area contributed by atoms with Crippen LogP contribution in [0.2, 0.25) is 5.02 Å². The van der Waals surface area contributed by atoms with E-state index in [1.165, 1.54) is 24.3 Å². The maximum absolute atomic E-state index is 12.7. The number of hydrogen-bond donors (Lipinski definition) is 0. The molecule has 0 bridgehead atoms. The van der Waals surface area contributed by atoms with Gasteiger partial charge in [0, 0.05) is 10.6 Å². The maximum Gasteiger partial charge on any atom is 0.416 e. The molecule has 0 spiro atoms. The SMILES string of the molecule is FC(F)c1cc(-c2cccc(C(F)(F)F)c2)ccc1Cl. The number of hydrogen-bond acceptors (Lipinski definition) is 0. The lowest BCUT2D eigenvalue weighted by molar-refractivity contribution is -0.137. The lowest BCUT2D eigenvalue weighted by atomic mass is 10.0. The van der Waals surface area contributed by atoms with Crippen molar-refractivity contribution in [2.24, 2.45) is 0 Å². The predicted octanol–water partition coefficient (Wildman–Crippen LogP) is 5.96. The van der Waals surface area contributed by atoms with E-state index in [-0.39, 0.29) is 16.1 Å². The van der Waals surface area contributed by atoms with Gasteiger partial charge in [-0.3, -0.25) is 0 Å². The van der Waals surface area contributed by atoms with E-state index in [1.54, 1.807) is 0 Å². The summed E-state index contributed by atoms with van der Waals surface area (Å²) in [6.45, 7) is 0. The average molecular weight is 307 g/mol. The molecule has 0 unspecified atom stereocenters.